The van der Waals surface area contributed by atoms with Gasteiger partial charge in [0.2, 0.25) is 0 Å². The number of hydrogen-bond acceptors (Lipinski definition) is 2. The summed E-state index contributed by atoms with van der Waals surface area (Å²) in [6.07, 6.45) is 2.58. The van der Waals surface area contributed by atoms with Crippen molar-refractivity contribution in [3.63, 3.8) is 0 Å². The van der Waals surface area contributed by atoms with Crippen molar-refractivity contribution in [2.45, 2.75) is 26.2 Å². The van der Waals surface area contributed by atoms with Crippen LogP contribution < -0.4 is 20.9 Å². The fraction of sp³-hybridized carbons (Fsp3) is 0.333. The van der Waals surface area contributed by atoms with Gasteiger partial charge in [0.05, 0.1) is 10.0 Å². The Morgan fingerprint density at radius 2 is 1.62 bits per heavy atom. The third-order valence-electron chi connectivity index (χ3n) is 4.14. The number of amides is 4. The van der Waals surface area contributed by atoms with Gasteiger partial charge in [-0.1, -0.05) is 54.7 Å². The zero-order chi connectivity index (χ0) is 21.1. The van der Waals surface area contributed by atoms with Crippen LogP contribution in [0.1, 0.15) is 26.2 Å². The Kier molecular flexibility index (Phi) is 9.60. The number of carbonyl (C=O) groups is 2. The lowest BCUT2D eigenvalue weighted by molar-refractivity contribution is 0.240. The van der Waals surface area contributed by atoms with Crippen molar-refractivity contribution in [1.82, 2.24) is 10.6 Å². The first-order chi connectivity index (χ1) is 14.0. The Balaban J connectivity index is 1.94. The van der Waals surface area contributed by atoms with Crippen LogP contribution in [-0.2, 0) is 0 Å². The molecular formula is C21H26Cl2N4O2. The van der Waals surface area contributed by atoms with Gasteiger partial charge in [-0.25, -0.2) is 9.59 Å². The molecule has 0 aliphatic heterocycles. The minimum absolute atomic E-state index is 0.190. The van der Waals surface area contributed by atoms with Gasteiger partial charge in [-0.3, -0.25) is 4.90 Å². The van der Waals surface area contributed by atoms with E-state index in [1.807, 2.05) is 30.3 Å². The van der Waals surface area contributed by atoms with E-state index in [9.17, 15) is 9.59 Å². The maximum Gasteiger partial charge on any atom is 0.326 e. The standard InChI is InChI=1S/C21H26Cl2N4O2/c1-2-3-12-24-20(28)25-13-7-14-27(17-8-5-4-6-9-17)21(29)26-16-10-11-18(22)19(23)15-16/h4-6,8-11,15H,2-3,7,12-14H2,1H3,(H,26,29)(H2,24,25,28). The highest BCUT2D eigenvalue weighted by Crippen LogP contribution is 2.25. The Bertz CT molecular complexity index is 803. The number of rotatable bonds is 9. The largest absolute Gasteiger partial charge is 0.338 e. The Morgan fingerprint density at radius 1 is 0.931 bits per heavy atom. The molecule has 0 atom stereocenters. The number of carbonyl (C=O) groups excluding carboxylic acids is 2. The van der Waals surface area contributed by atoms with Crippen molar-refractivity contribution in [3.05, 3.63) is 58.6 Å². The summed E-state index contributed by atoms with van der Waals surface area (Å²) in [6.45, 7) is 3.62. The molecule has 0 aromatic heterocycles. The molecule has 0 fully saturated rings. The van der Waals surface area contributed by atoms with Crippen molar-refractivity contribution >= 4 is 46.6 Å². The second-order valence-corrected chi connectivity index (χ2v) is 7.25. The molecule has 6 nitrogen and oxygen atoms in total. The first-order valence-electron chi connectivity index (χ1n) is 9.61. The van der Waals surface area contributed by atoms with Crippen molar-refractivity contribution in [3.8, 4) is 0 Å². The average molecular weight is 437 g/mol. The molecule has 0 aliphatic rings. The molecule has 8 heteroatoms. The van der Waals surface area contributed by atoms with Gasteiger partial charge in [-0.2, -0.15) is 0 Å². The van der Waals surface area contributed by atoms with E-state index in [-0.39, 0.29) is 12.1 Å². The van der Waals surface area contributed by atoms with Crippen molar-refractivity contribution in [2.24, 2.45) is 0 Å². The molecular weight excluding hydrogens is 411 g/mol. The lowest BCUT2D eigenvalue weighted by Gasteiger charge is -2.23. The number of anilines is 2. The quantitative estimate of drug-likeness (QED) is 0.452. The molecule has 3 N–H and O–H groups in total. The molecule has 0 bridgehead atoms. The third-order valence-corrected chi connectivity index (χ3v) is 4.88. The van der Waals surface area contributed by atoms with Gasteiger partial charge in [0.15, 0.2) is 0 Å². The Labute approximate surface area is 181 Å². The van der Waals surface area contributed by atoms with E-state index in [1.54, 1.807) is 23.1 Å². The van der Waals surface area contributed by atoms with Crippen LogP contribution >= 0.6 is 23.2 Å². The number of nitrogens with one attached hydrogen (secondary N) is 3. The van der Waals surface area contributed by atoms with Crippen LogP contribution in [0.3, 0.4) is 0 Å². The number of urea groups is 2. The molecule has 2 aromatic carbocycles. The number of halogens is 2. The minimum Gasteiger partial charge on any atom is -0.338 e. The molecule has 4 amide bonds. The third kappa shape index (κ3) is 7.83. The average Bonchev–Trinajstić information content (AvgIpc) is 2.71. The fourth-order valence-corrected chi connectivity index (χ4v) is 2.90. The number of nitrogens with zero attached hydrogens (tertiary/aromatic N) is 1. The maximum atomic E-state index is 12.9. The van der Waals surface area contributed by atoms with Crippen LogP contribution in [0, 0.1) is 0 Å². The van der Waals surface area contributed by atoms with Crippen molar-refractivity contribution < 1.29 is 9.59 Å². The van der Waals surface area contributed by atoms with E-state index in [1.165, 1.54) is 0 Å². The predicted molar refractivity (Wildman–Crippen MR) is 120 cm³/mol. The SMILES string of the molecule is CCCCNC(=O)NCCCN(C(=O)Nc1ccc(Cl)c(Cl)c1)c1ccccc1. The lowest BCUT2D eigenvalue weighted by Crippen LogP contribution is -2.39. The van der Waals surface area contributed by atoms with Gasteiger partial charge < -0.3 is 16.0 Å². The predicted octanol–water partition coefficient (Wildman–Crippen LogP) is 5.52. The van der Waals surface area contributed by atoms with Crippen molar-refractivity contribution in [2.75, 3.05) is 29.9 Å². The van der Waals surface area contributed by atoms with Crippen LogP contribution in [0.15, 0.2) is 48.5 Å². The van der Waals surface area contributed by atoms with Gasteiger partial charge in [-0.15, -0.1) is 0 Å². The molecule has 0 unspecified atom stereocenters. The van der Waals surface area contributed by atoms with Gasteiger partial charge in [0.25, 0.3) is 0 Å². The van der Waals surface area contributed by atoms with Crippen LogP contribution in [0.4, 0.5) is 21.0 Å². The van der Waals surface area contributed by atoms with Crippen LogP contribution in [-0.4, -0.2) is 31.7 Å². The topological polar surface area (TPSA) is 73.5 Å². The molecule has 2 aromatic rings. The lowest BCUT2D eigenvalue weighted by atomic mass is 10.2. The maximum absolute atomic E-state index is 12.9. The molecule has 156 valence electrons. The molecule has 2 rings (SSSR count). The fourth-order valence-electron chi connectivity index (χ4n) is 2.60. The highest BCUT2D eigenvalue weighted by Gasteiger charge is 2.16. The zero-order valence-electron chi connectivity index (χ0n) is 16.4. The van der Waals surface area contributed by atoms with Crippen molar-refractivity contribution in [1.29, 1.82) is 0 Å². The van der Waals surface area contributed by atoms with E-state index in [4.69, 9.17) is 23.2 Å². The van der Waals surface area contributed by atoms with E-state index in [0.717, 1.165) is 18.5 Å². The summed E-state index contributed by atoms with van der Waals surface area (Å²) < 4.78 is 0. The number of hydrogen-bond donors (Lipinski definition) is 3. The monoisotopic (exact) mass is 436 g/mol. The first-order valence-corrected chi connectivity index (χ1v) is 10.4. The molecule has 0 saturated heterocycles. The van der Waals surface area contributed by atoms with E-state index in [0.29, 0.717) is 41.8 Å². The molecule has 29 heavy (non-hydrogen) atoms. The first kappa shape index (κ1) is 22.8. The minimum atomic E-state index is -0.290. The second kappa shape index (κ2) is 12.2. The highest BCUT2D eigenvalue weighted by atomic mass is 35.5. The van der Waals surface area contributed by atoms with Gasteiger partial charge in [0.1, 0.15) is 0 Å². The second-order valence-electron chi connectivity index (χ2n) is 6.44. The van der Waals surface area contributed by atoms with Crippen LogP contribution in [0.5, 0.6) is 0 Å². The van der Waals surface area contributed by atoms with E-state index in [2.05, 4.69) is 22.9 Å². The summed E-state index contributed by atoms with van der Waals surface area (Å²) in [5, 5.41) is 9.24. The van der Waals surface area contributed by atoms with Gasteiger partial charge >= 0.3 is 12.1 Å². The number of benzene rings is 2. The summed E-state index contributed by atoms with van der Waals surface area (Å²) in [7, 11) is 0. The molecule has 0 spiro atoms. The molecule has 0 aliphatic carbocycles. The Morgan fingerprint density at radius 3 is 2.28 bits per heavy atom. The summed E-state index contributed by atoms with van der Waals surface area (Å²) in [4.78, 5) is 26.2. The number of unbranched alkanes of at least 4 members (excludes halogenated alkanes) is 1. The van der Waals surface area contributed by atoms with Gasteiger partial charge in [-0.05, 0) is 43.2 Å². The molecule has 0 heterocycles. The van der Waals surface area contributed by atoms with Gasteiger partial charge in [0, 0.05) is 31.0 Å². The smallest absolute Gasteiger partial charge is 0.326 e. The summed E-state index contributed by atoms with van der Waals surface area (Å²) in [5.41, 5.74) is 1.32. The van der Waals surface area contributed by atoms with E-state index < -0.39 is 0 Å². The molecule has 0 radical (unpaired) electrons. The Hall–Kier alpha value is -2.44. The van der Waals surface area contributed by atoms with Crippen LogP contribution in [0.25, 0.3) is 0 Å². The normalized spacial score (nSPS) is 10.3. The summed E-state index contributed by atoms with van der Waals surface area (Å²) in [6, 6.07) is 13.8. The highest BCUT2D eigenvalue weighted by molar-refractivity contribution is 6.42. The zero-order valence-corrected chi connectivity index (χ0v) is 17.9. The van der Waals surface area contributed by atoms with E-state index >= 15 is 0 Å². The summed E-state index contributed by atoms with van der Waals surface area (Å²) >= 11 is 12.0. The number of para-hydroxylation sites is 1. The molecule has 0 saturated carbocycles. The van der Waals surface area contributed by atoms with Crippen LogP contribution in [0.2, 0.25) is 10.0 Å². The summed E-state index contributed by atoms with van der Waals surface area (Å²) in [5.74, 6) is 0.